The van der Waals surface area contributed by atoms with Gasteiger partial charge in [0.25, 0.3) is 0 Å². The molecule has 0 aliphatic carbocycles. The van der Waals surface area contributed by atoms with E-state index in [1.165, 1.54) is 17.8 Å². The maximum atomic E-state index is 13.1. The Morgan fingerprint density at radius 2 is 1.92 bits per heavy atom. The van der Waals surface area contributed by atoms with Crippen molar-refractivity contribution in [2.24, 2.45) is 0 Å². The average molecular weight is 351 g/mol. The smallest absolute Gasteiger partial charge is 0.232 e. The van der Waals surface area contributed by atoms with Crippen molar-refractivity contribution in [1.82, 2.24) is 4.90 Å². The number of hydrogen-bond acceptors (Lipinski definition) is 3. The van der Waals surface area contributed by atoms with E-state index >= 15 is 0 Å². The summed E-state index contributed by atoms with van der Waals surface area (Å²) in [5.41, 5.74) is 1.04. The summed E-state index contributed by atoms with van der Waals surface area (Å²) < 4.78 is 31.6. The summed E-state index contributed by atoms with van der Waals surface area (Å²) in [7, 11) is 1.69. The summed E-state index contributed by atoms with van der Waals surface area (Å²) in [5, 5.41) is 0. The molecule has 0 N–H and O–H groups in total. The van der Waals surface area contributed by atoms with Gasteiger partial charge in [-0.3, -0.25) is 4.79 Å². The van der Waals surface area contributed by atoms with E-state index in [1.807, 2.05) is 31.2 Å². The van der Waals surface area contributed by atoms with Crippen LogP contribution in [0.4, 0.5) is 8.78 Å². The van der Waals surface area contributed by atoms with Crippen LogP contribution in [0.2, 0.25) is 0 Å². The van der Waals surface area contributed by atoms with Crippen LogP contribution in [0.1, 0.15) is 5.56 Å². The molecule has 0 radical (unpaired) electrons. The molecule has 1 amide bonds. The molecule has 6 heteroatoms. The number of benzene rings is 2. The Labute approximate surface area is 144 Å². The third-order valence-corrected chi connectivity index (χ3v) is 4.44. The molecular weight excluding hydrogens is 332 g/mol. The van der Waals surface area contributed by atoms with Gasteiger partial charge in [0, 0.05) is 11.9 Å². The van der Waals surface area contributed by atoms with Crippen LogP contribution in [0, 0.1) is 18.6 Å². The van der Waals surface area contributed by atoms with Gasteiger partial charge in [-0.1, -0.05) is 18.2 Å². The van der Waals surface area contributed by atoms with Gasteiger partial charge in [-0.2, -0.15) is 0 Å². The second kappa shape index (κ2) is 8.68. The number of amides is 1. The Bertz CT molecular complexity index is 709. The highest BCUT2D eigenvalue weighted by molar-refractivity contribution is 8.00. The van der Waals surface area contributed by atoms with Crippen molar-refractivity contribution in [3.63, 3.8) is 0 Å². The Morgan fingerprint density at radius 1 is 1.17 bits per heavy atom. The van der Waals surface area contributed by atoms with Gasteiger partial charge >= 0.3 is 0 Å². The van der Waals surface area contributed by atoms with Crippen LogP contribution >= 0.6 is 11.8 Å². The number of halogens is 2. The first kappa shape index (κ1) is 18.3. The third-order valence-electron chi connectivity index (χ3n) is 3.46. The highest BCUT2D eigenvalue weighted by atomic mass is 32.2. The normalized spacial score (nSPS) is 10.5. The Hall–Kier alpha value is -2.08. The Kier molecular flexibility index (Phi) is 6.61. The van der Waals surface area contributed by atoms with Gasteiger partial charge < -0.3 is 9.64 Å². The molecule has 0 bridgehead atoms. The number of likely N-dealkylation sites (N-methyl/N-ethyl adjacent to an activating group) is 1. The lowest BCUT2D eigenvalue weighted by Crippen LogP contribution is -2.32. The summed E-state index contributed by atoms with van der Waals surface area (Å²) in [6.45, 7) is 2.80. The number of aryl methyl sites for hydroxylation is 1. The number of carbonyl (C=O) groups is 1. The largest absolute Gasteiger partial charge is 0.491 e. The zero-order valence-electron chi connectivity index (χ0n) is 13.6. The molecule has 0 saturated carbocycles. The minimum absolute atomic E-state index is 0.0990. The highest BCUT2D eigenvalue weighted by Crippen LogP contribution is 2.20. The van der Waals surface area contributed by atoms with Crippen LogP contribution in [0.3, 0.4) is 0 Å². The van der Waals surface area contributed by atoms with Crippen LogP contribution in [0.25, 0.3) is 0 Å². The molecular formula is C18H19F2NO2S. The first-order valence-corrected chi connectivity index (χ1v) is 8.46. The van der Waals surface area contributed by atoms with E-state index in [9.17, 15) is 13.6 Å². The van der Waals surface area contributed by atoms with Crippen molar-refractivity contribution in [3.05, 3.63) is 59.7 Å². The van der Waals surface area contributed by atoms with Crippen LogP contribution < -0.4 is 4.74 Å². The zero-order chi connectivity index (χ0) is 17.5. The fourth-order valence-electron chi connectivity index (χ4n) is 1.96. The first-order chi connectivity index (χ1) is 11.5. The number of thioether (sulfide) groups is 1. The molecule has 24 heavy (non-hydrogen) atoms. The lowest BCUT2D eigenvalue weighted by atomic mass is 10.2. The Balaban J connectivity index is 1.75. The maximum absolute atomic E-state index is 13.1. The van der Waals surface area contributed by atoms with E-state index in [4.69, 9.17) is 4.74 Å². The van der Waals surface area contributed by atoms with Gasteiger partial charge in [-0.15, -0.1) is 11.8 Å². The molecule has 0 saturated heterocycles. The zero-order valence-corrected chi connectivity index (χ0v) is 14.4. The topological polar surface area (TPSA) is 29.5 Å². The predicted octanol–water partition coefficient (Wildman–Crippen LogP) is 3.90. The molecule has 2 aromatic rings. The molecule has 0 fully saturated rings. The molecule has 0 spiro atoms. The number of para-hydroxylation sites is 1. The maximum Gasteiger partial charge on any atom is 0.232 e. The number of ether oxygens (including phenoxy) is 1. The number of hydrogen-bond donors (Lipinski definition) is 0. The lowest BCUT2D eigenvalue weighted by molar-refractivity contribution is -0.127. The van der Waals surface area contributed by atoms with Gasteiger partial charge in [0.2, 0.25) is 5.91 Å². The SMILES string of the molecule is Cc1ccccc1OCCN(C)C(=O)CSc1ccc(F)c(F)c1. The van der Waals surface area contributed by atoms with E-state index in [2.05, 4.69) is 0 Å². The molecule has 2 rings (SSSR count). The van der Waals surface area contributed by atoms with Crippen molar-refractivity contribution >= 4 is 17.7 Å². The van der Waals surface area contributed by atoms with Gasteiger partial charge in [-0.05, 0) is 36.8 Å². The fraction of sp³-hybridized carbons (Fsp3) is 0.278. The summed E-state index contributed by atoms with van der Waals surface area (Å²) in [6, 6.07) is 11.3. The summed E-state index contributed by atoms with van der Waals surface area (Å²) in [4.78, 5) is 14.1. The monoisotopic (exact) mass is 351 g/mol. The molecule has 0 heterocycles. The van der Waals surface area contributed by atoms with Crippen molar-refractivity contribution in [3.8, 4) is 5.75 Å². The molecule has 0 atom stereocenters. The molecule has 128 valence electrons. The van der Waals surface area contributed by atoms with Crippen molar-refractivity contribution in [2.45, 2.75) is 11.8 Å². The molecule has 0 aliphatic rings. The van der Waals surface area contributed by atoms with Gasteiger partial charge in [0.05, 0.1) is 12.3 Å². The summed E-state index contributed by atoms with van der Waals surface area (Å²) in [5.74, 6) is -0.942. The lowest BCUT2D eigenvalue weighted by Gasteiger charge is -2.18. The summed E-state index contributed by atoms with van der Waals surface area (Å²) in [6.07, 6.45) is 0. The van der Waals surface area contributed by atoms with Crippen LogP contribution in [0.15, 0.2) is 47.4 Å². The minimum atomic E-state index is -0.910. The average Bonchev–Trinajstić information content (AvgIpc) is 2.57. The van der Waals surface area contributed by atoms with Crippen LogP contribution in [-0.2, 0) is 4.79 Å². The predicted molar refractivity (Wildman–Crippen MR) is 91.4 cm³/mol. The second-order valence-electron chi connectivity index (χ2n) is 5.29. The summed E-state index contributed by atoms with van der Waals surface area (Å²) >= 11 is 1.17. The van der Waals surface area contributed by atoms with Crippen LogP contribution in [-0.4, -0.2) is 36.8 Å². The second-order valence-corrected chi connectivity index (χ2v) is 6.34. The number of nitrogens with zero attached hydrogens (tertiary/aromatic N) is 1. The van der Waals surface area contributed by atoms with Gasteiger partial charge in [-0.25, -0.2) is 8.78 Å². The van der Waals surface area contributed by atoms with Crippen molar-refractivity contribution in [1.29, 1.82) is 0 Å². The first-order valence-electron chi connectivity index (χ1n) is 7.47. The molecule has 3 nitrogen and oxygen atoms in total. The highest BCUT2D eigenvalue weighted by Gasteiger charge is 2.11. The van der Waals surface area contributed by atoms with Crippen molar-refractivity contribution in [2.75, 3.05) is 26.0 Å². The molecule has 0 aromatic heterocycles. The third kappa shape index (κ3) is 5.23. The van der Waals surface area contributed by atoms with Gasteiger partial charge in [0.15, 0.2) is 11.6 Å². The van der Waals surface area contributed by atoms with Gasteiger partial charge in [0.1, 0.15) is 12.4 Å². The molecule has 0 aliphatic heterocycles. The minimum Gasteiger partial charge on any atom is -0.491 e. The quantitative estimate of drug-likeness (QED) is 0.709. The molecule has 2 aromatic carbocycles. The van der Waals surface area contributed by atoms with E-state index in [0.717, 1.165) is 23.4 Å². The van der Waals surface area contributed by atoms with E-state index in [1.54, 1.807) is 11.9 Å². The standard InChI is InChI=1S/C18H19F2NO2S/c1-13-5-3-4-6-17(13)23-10-9-21(2)18(22)12-24-14-7-8-15(19)16(20)11-14/h3-8,11H,9-10,12H2,1-2H3. The van der Waals surface area contributed by atoms with Crippen LogP contribution in [0.5, 0.6) is 5.75 Å². The Morgan fingerprint density at radius 3 is 2.62 bits per heavy atom. The van der Waals surface area contributed by atoms with E-state index in [0.29, 0.717) is 18.0 Å². The number of rotatable bonds is 7. The van der Waals surface area contributed by atoms with E-state index < -0.39 is 11.6 Å². The number of carbonyl (C=O) groups excluding carboxylic acids is 1. The molecule has 0 unspecified atom stereocenters. The van der Waals surface area contributed by atoms with Crippen molar-refractivity contribution < 1.29 is 18.3 Å². The van der Waals surface area contributed by atoms with E-state index in [-0.39, 0.29) is 11.7 Å². The fourth-order valence-corrected chi connectivity index (χ4v) is 2.82.